The van der Waals surface area contributed by atoms with Crippen molar-refractivity contribution in [1.29, 1.82) is 0 Å². The lowest BCUT2D eigenvalue weighted by Crippen LogP contribution is -2.48. The number of hydrogen-bond donors (Lipinski definition) is 0. The van der Waals surface area contributed by atoms with Gasteiger partial charge in [0.05, 0.1) is 35.4 Å². The molecular formula is C23H24ClN3O3S. The molecule has 4 rings (SSSR count). The third-order valence-electron chi connectivity index (χ3n) is 5.16. The third kappa shape index (κ3) is 5.11. The van der Waals surface area contributed by atoms with Gasteiger partial charge in [-0.25, -0.2) is 4.98 Å². The van der Waals surface area contributed by atoms with Crippen LogP contribution < -0.4 is 5.56 Å². The van der Waals surface area contributed by atoms with E-state index >= 15 is 0 Å². The Kier molecular flexibility index (Phi) is 6.65. The van der Waals surface area contributed by atoms with E-state index in [2.05, 4.69) is 4.98 Å². The number of morpholine rings is 1. The van der Waals surface area contributed by atoms with Gasteiger partial charge in [0.15, 0.2) is 5.16 Å². The molecular weight excluding hydrogens is 434 g/mol. The van der Waals surface area contributed by atoms with Crippen LogP contribution in [0.3, 0.4) is 0 Å². The third-order valence-corrected chi connectivity index (χ3v) is 6.36. The van der Waals surface area contributed by atoms with Crippen LogP contribution in [0.2, 0.25) is 5.02 Å². The maximum Gasteiger partial charge on any atom is 0.262 e. The van der Waals surface area contributed by atoms with Gasteiger partial charge in [0.25, 0.3) is 5.56 Å². The van der Waals surface area contributed by atoms with Gasteiger partial charge in [-0.2, -0.15) is 0 Å². The number of halogens is 1. The first kappa shape index (κ1) is 21.9. The maximum atomic E-state index is 13.3. The van der Waals surface area contributed by atoms with Gasteiger partial charge in [0.2, 0.25) is 5.91 Å². The van der Waals surface area contributed by atoms with Crippen LogP contribution in [0, 0.1) is 0 Å². The Bertz CT molecular complexity index is 1140. The number of hydrogen-bond acceptors (Lipinski definition) is 5. The molecule has 1 aliphatic rings. The van der Waals surface area contributed by atoms with E-state index in [-0.39, 0.29) is 29.4 Å². The summed E-state index contributed by atoms with van der Waals surface area (Å²) in [5, 5.41) is 1.53. The second-order valence-electron chi connectivity index (χ2n) is 7.78. The lowest BCUT2D eigenvalue weighted by molar-refractivity contribution is -0.140. The summed E-state index contributed by atoms with van der Waals surface area (Å²) in [6.07, 6.45) is 0.0183. The van der Waals surface area contributed by atoms with Gasteiger partial charge in [-0.05, 0) is 37.6 Å². The molecule has 1 aromatic heterocycles. The number of benzene rings is 2. The molecule has 1 saturated heterocycles. The van der Waals surface area contributed by atoms with E-state index in [0.29, 0.717) is 40.7 Å². The second kappa shape index (κ2) is 9.42. The molecule has 0 N–H and O–H groups in total. The molecule has 0 radical (unpaired) electrons. The normalized spacial score (nSPS) is 19.0. The van der Waals surface area contributed by atoms with E-state index in [4.69, 9.17) is 16.3 Å². The molecule has 1 aliphatic heterocycles. The van der Waals surface area contributed by atoms with Crippen LogP contribution >= 0.6 is 23.4 Å². The monoisotopic (exact) mass is 457 g/mol. The van der Waals surface area contributed by atoms with Gasteiger partial charge in [0, 0.05) is 18.1 Å². The zero-order chi connectivity index (χ0) is 22.0. The number of carbonyl (C=O) groups is 1. The van der Waals surface area contributed by atoms with Crippen molar-refractivity contribution in [2.75, 3.05) is 18.8 Å². The summed E-state index contributed by atoms with van der Waals surface area (Å²) in [7, 11) is 0. The molecule has 2 aromatic carbocycles. The Morgan fingerprint density at radius 2 is 1.87 bits per heavy atom. The smallest absolute Gasteiger partial charge is 0.262 e. The van der Waals surface area contributed by atoms with Crippen molar-refractivity contribution >= 4 is 40.2 Å². The molecule has 162 valence electrons. The van der Waals surface area contributed by atoms with E-state index < -0.39 is 0 Å². The summed E-state index contributed by atoms with van der Waals surface area (Å²) in [5.41, 5.74) is 1.38. The Labute approximate surface area is 190 Å². The molecule has 3 aromatic rings. The average Bonchev–Trinajstić information content (AvgIpc) is 2.74. The van der Waals surface area contributed by atoms with E-state index in [9.17, 15) is 9.59 Å². The number of carbonyl (C=O) groups excluding carboxylic acids is 1. The number of thioether (sulfide) groups is 1. The summed E-state index contributed by atoms with van der Waals surface area (Å²) < 4.78 is 7.35. The summed E-state index contributed by atoms with van der Waals surface area (Å²) in [6.45, 7) is 5.46. The van der Waals surface area contributed by atoms with Crippen molar-refractivity contribution in [3.63, 3.8) is 0 Å². The first-order chi connectivity index (χ1) is 14.9. The first-order valence-corrected chi connectivity index (χ1v) is 11.6. The van der Waals surface area contributed by atoms with Crippen LogP contribution in [-0.4, -0.2) is 51.4 Å². The minimum absolute atomic E-state index is 0.00916. The summed E-state index contributed by atoms with van der Waals surface area (Å²) in [5.74, 6) is 0.214. The highest BCUT2D eigenvalue weighted by Crippen LogP contribution is 2.22. The quantitative estimate of drug-likeness (QED) is 0.430. The SMILES string of the molecule is C[C@@H]1CN(C(=O)CSc2nc3cc(Cl)ccc3c(=O)n2Cc2ccccc2)C[C@@H](C)O1. The fourth-order valence-electron chi connectivity index (χ4n) is 3.79. The number of aromatic nitrogens is 2. The molecule has 0 saturated carbocycles. The molecule has 0 aliphatic carbocycles. The molecule has 31 heavy (non-hydrogen) atoms. The van der Waals surface area contributed by atoms with Crippen molar-refractivity contribution in [3.8, 4) is 0 Å². The Hall–Kier alpha value is -2.35. The standard InChI is InChI=1S/C23H24ClN3O3S/c1-15-11-26(12-16(2)30-15)21(28)14-31-23-25-20-10-18(24)8-9-19(20)22(29)27(23)13-17-6-4-3-5-7-17/h3-10,15-16H,11-14H2,1-2H3/t15-,16-/m1/s1. The highest BCUT2D eigenvalue weighted by atomic mass is 35.5. The lowest BCUT2D eigenvalue weighted by atomic mass is 10.2. The van der Waals surface area contributed by atoms with Gasteiger partial charge in [0.1, 0.15) is 0 Å². The summed E-state index contributed by atoms with van der Waals surface area (Å²) >= 11 is 7.40. The lowest BCUT2D eigenvalue weighted by Gasteiger charge is -2.35. The van der Waals surface area contributed by atoms with Crippen molar-refractivity contribution in [2.45, 2.75) is 37.8 Å². The number of ether oxygens (including phenoxy) is 1. The number of rotatable bonds is 5. The predicted molar refractivity (Wildman–Crippen MR) is 124 cm³/mol. The van der Waals surface area contributed by atoms with Crippen molar-refractivity contribution < 1.29 is 9.53 Å². The van der Waals surface area contributed by atoms with Crippen molar-refractivity contribution in [2.24, 2.45) is 0 Å². The molecule has 1 amide bonds. The van der Waals surface area contributed by atoms with Crippen LogP contribution in [0.4, 0.5) is 0 Å². The highest BCUT2D eigenvalue weighted by Gasteiger charge is 2.26. The molecule has 6 nitrogen and oxygen atoms in total. The molecule has 8 heteroatoms. The Balaban J connectivity index is 1.64. The summed E-state index contributed by atoms with van der Waals surface area (Å²) in [6, 6.07) is 14.8. The highest BCUT2D eigenvalue weighted by molar-refractivity contribution is 7.99. The molecule has 0 bridgehead atoms. The van der Waals surface area contributed by atoms with E-state index in [1.807, 2.05) is 49.1 Å². The number of amides is 1. The largest absolute Gasteiger partial charge is 0.372 e. The molecule has 0 unspecified atom stereocenters. The first-order valence-electron chi connectivity index (χ1n) is 10.2. The van der Waals surface area contributed by atoms with Gasteiger partial charge < -0.3 is 9.64 Å². The van der Waals surface area contributed by atoms with Crippen molar-refractivity contribution in [1.82, 2.24) is 14.5 Å². The van der Waals surface area contributed by atoms with Crippen LogP contribution in [0.15, 0.2) is 58.5 Å². The van der Waals surface area contributed by atoms with Crippen LogP contribution in [0.5, 0.6) is 0 Å². The Morgan fingerprint density at radius 3 is 2.58 bits per heavy atom. The minimum atomic E-state index is -0.144. The van der Waals surface area contributed by atoms with Crippen LogP contribution in [0.25, 0.3) is 10.9 Å². The van der Waals surface area contributed by atoms with Crippen LogP contribution in [-0.2, 0) is 16.1 Å². The van der Waals surface area contributed by atoms with Gasteiger partial charge in [-0.1, -0.05) is 53.7 Å². The van der Waals surface area contributed by atoms with E-state index in [1.54, 1.807) is 22.8 Å². The van der Waals surface area contributed by atoms with E-state index in [0.717, 1.165) is 5.56 Å². The van der Waals surface area contributed by atoms with Crippen molar-refractivity contribution in [3.05, 3.63) is 69.5 Å². The Morgan fingerprint density at radius 1 is 1.16 bits per heavy atom. The average molecular weight is 458 g/mol. The molecule has 1 fully saturated rings. The second-order valence-corrected chi connectivity index (χ2v) is 9.16. The molecule has 2 atom stereocenters. The fraction of sp³-hybridized carbons (Fsp3) is 0.348. The van der Waals surface area contributed by atoms with Gasteiger partial charge in [-0.15, -0.1) is 0 Å². The summed E-state index contributed by atoms with van der Waals surface area (Å²) in [4.78, 5) is 32.6. The van der Waals surface area contributed by atoms with Gasteiger partial charge >= 0.3 is 0 Å². The van der Waals surface area contributed by atoms with Gasteiger partial charge in [-0.3, -0.25) is 14.2 Å². The van der Waals surface area contributed by atoms with Crippen LogP contribution in [0.1, 0.15) is 19.4 Å². The minimum Gasteiger partial charge on any atom is -0.372 e. The topological polar surface area (TPSA) is 64.4 Å². The predicted octanol–water partition coefficient (Wildman–Crippen LogP) is 3.83. The fourth-order valence-corrected chi connectivity index (χ4v) is 4.86. The zero-order valence-electron chi connectivity index (χ0n) is 17.5. The molecule has 2 heterocycles. The number of fused-ring (bicyclic) bond motifs is 1. The number of nitrogens with zero attached hydrogens (tertiary/aromatic N) is 3. The molecule has 0 spiro atoms. The van der Waals surface area contributed by atoms with E-state index in [1.165, 1.54) is 11.8 Å². The zero-order valence-corrected chi connectivity index (χ0v) is 19.0. The maximum absolute atomic E-state index is 13.3.